The first-order chi connectivity index (χ1) is 15.7. The van der Waals surface area contributed by atoms with E-state index in [1.54, 1.807) is 7.05 Å². The highest BCUT2D eigenvalue weighted by Crippen LogP contribution is 2.17. The lowest BCUT2D eigenvalue weighted by Crippen LogP contribution is -2.40. The monoisotopic (exact) mass is 574 g/mol. The number of nitrogens with zero attached hydrogens (tertiary/aromatic N) is 3. The van der Waals surface area contributed by atoms with Crippen LogP contribution in [0.15, 0.2) is 59.6 Å². The topological polar surface area (TPSA) is 83.3 Å². The van der Waals surface area contributed by atoms with Gasteiger partial charge in [-0.25, -0.2) is 4.68 Å². The van der Waals surface area contributed by atoms with E-state index < -0.39 is 0 Å². The molecule has 3 rings (SSSR count). The third-order valence-corrected chi connectivity index (χ3v) is 5.04. The van der Waals surface area contributed by atoms with Crippen molar-refractivity contribution in [3.8, 4) is 5.69 Å². The molecule has 0 aliphatic carbocycles. The predicted octanol–water partition coefficient (Wildman–Crippen LogP) is 4.50. The van der Waals surface area contributed by atoms with Gasteiger partial charge in [0.25, 0.3) is 5.91 Å². The van der Waals surface area contributed by atoms with Crippen molar-refractivity contribution in [3.63, 3.8) is 0 Å². The number of amides is 1. The molecule has 182 valence electrons. The van der Waals surface area contributed by atoms with Crippen molar-refractivity contribution in [2.24, 2.45) is 4.99 Å². The first-order valence-electron chi connectivity index (χ1n) is 11.1. The summed E-state index contributed by atoms with van der Waals surface area (Å²) in [6, 6.07) is 17.9. The molecule has 0 unspecified atom stereocenters. The van der Waals surface area contributed by atoms with E-state index in [2.05, 4.69) is 51.2 Å². The highest BCUT2D eigenvalue weighted by Gasteiger charge is 2.15. The molecule has 0 aliphatic rings. The molecular weight excluding hydrogens is 539 g/mol. The van der Waals surface area contributed by atoms with Gasteiger partial charge in [-0.3, -0.25) is 9.79 Å². The second kappa shape index (κ2) is 12.0. The van der Waals surface area contributed by atoms with Crippen LogP contribution in [0, 0.1) is 13.8 Å². The third-order valence-electron chi connectivity index (χ3n) is 5.04. The number of hydrogen-bond donors (Lipinski definition) is 3. The van der Waals surface area contributed by atoms with Crippen molar-refractivity contribution >= 4 is 35.8 Å². The number of carbonyl (C=O) groups excluding carboxylic acids is 1. The zero-order valence-corrected chi connectivity index (χ0v) is 23.1. The highest BCUT2D eigenvalue weighted by molar-refractivity contribution is 14.0. The van der Waals surface area contributed by atoms with Gasteiger partial charge in [0, 0.05) is 36.9 Å². The Labute approximate surface area is 219 Å². The van der Waals surface area contributed by atoms with Crippen LogP contribution in [0.3, 0.4) is 0 Å². The fraction of sp³-hybridized carbons (Fsp3) is 0.346. The lowest BCUT2D eigenvalue weighted by Gasteiger charge is -2.20. The fourth-order valence-corrected chi connectivity index (χ4v) is 3.56. The zero-order chi connectivity index (χ0) is 24.0. The largest absolute Gasteiger partial charge is 0.352 e. The van der Waals surface area contributed by atoms with E-state index >= 15 is 0 Å². The molecule has 0 fully saturated rings. The number of guanidine groups is 1. The Bertz CT molecular complexity index is 1150. The number of para-hydroxylation sites is 1. The van der Waals surface area contributed by atoms with Gasteiger partial charge in [-0.05, 0) is 70.0 Å². The number of aryl methyl sites for hydroxylation is 2. The normalized spacial score (nSPS) is 11.5. The Kier molecular flexibility index (Phi) is 9.66. The summed E-state index contributed by atoms with van der Waals surface area (Å²) >= 11 is 0. The standard InChI is InChI=1S/C26H34N6O.HI/c1-18-14-19(2)32(31-18)23-13-8-7-11-22(23)17-29-25(27-6)28-16-20-10-9-12-21(15-20)24(33)30-26(3,4)5;/h7-15H,16-17H2,1-6H3,(H,30,33)(H2,27,28,29);1H. The van der Waals surface area contributed by atoms with Crippen molar-refractivity contribution in [2.45, 2.75) is 53.2 Å². The second-order valence-corrected chi connectivity index (χ2v) is 9.15. The minimum absolute atomic E-state index is 0. The Hall–Kier alpha value is -2.88. The maximum atomic E-state index is 12.5. The molecule has 0 spiro atoms. The van der Waals surface area contributed by atoms with Crippen LogP contribution in [-0.4, -0.2) is 34.2 Å². The molecular formula is C26H35IN6O. The summed E-state index contributed by atoms with van der Waals surface area (Å²) in [5, 5.41) is 14.3. The number of aromatic nitrogens is 2. The van der Waals surface area contributed by atoms with Gasteiger partial charge in [0.15, 0.2) is 5.96 Å². The fourth-order valence-electron chi connectivity index (χ4n) is 3.56. The molecule has 1 aromatic heterocycles. The van der Waals surface area contributed by atoms with E-state index in [4.69, 9.17) is 0 Å². The summed E-state index contributed by atoms with van der Waals surface area (Å²) in [7, 11) is 1.75. The molecule has 34 heavy (non-hydrogen) atoms. The van der Waals surface area contributed by atoms with Gasteiger partial charge in [0.05, 0.1) is 11.4 Å². The Morgan fingerprint density at radius 1 is 1.00 bits per heavy atom. The van der Waals surface area contributed by atoms with Crippen molar-refractivity contribution in [1.82, 2.24) is 25.7 Å². The summed E-state index contributed by atoms with van der Waals surface area (Å²) in [4.78, 5) is 16.8. The van der Waals surface area contributed by atoms with E-state index in [1.807, 2.05) is 68.8 Å². The van der Waals surface area contributed by atoms with Gasteiger partial charge in [-0.2, -0.15) is 5.10 Å². The summed E-state index contributed by atoms with van der Waals surface area (Å²) in [6.07, 6.45) is 0. The molecule has 3 aromatic rings. The minimum atomic E-state index is -0.277. The van der Waals surface area contributed by atoms with Gasteiger partial charge in [0.2, 0.25) is 0 Å². The van der Waals surface area contributed by atoms with E-state index in [-0.39, 0.29) is 35.4 Å². The average molecular weight is 575 g/mol. The molecule has 7 nitrogen and oxygen atoms in total. The summed E-state index contributed by atoms with van der Waals surface area (Å²) < 4.78 is 1.97. The molecule has 0 atom stereocenters. The van der Waals surface area contributed by atoms with Crippen LogP contribution in [-0.2, 0) is 13.1 Å². The van der Waals surface area contributed by atoms with E-state index in [9.17, 15) is 4.79 Å². The van der Waals surface area contributed by atoms with Gasteiger partial charge >= 0.3 is 0 Å². The van der Waals surface area contributed by atoms with Crippen molar-refractivity contribution in [3.05, 3.63) is 82.7 Å². The highest BCUT2D eigenvalue weighted by atomic mass is 127. The van der Waals surface area contributed by atoms with Crippen molar-refractivity contribution in [2.75, 3.05) is 7.05 Å². The molecule has 1 heterocycles. The Morgan fingerprint density at radius 3 is 2.35 bits per heavy atom. The number of halogens is 1. The van der Waals surface area contributed by atoms with Crippen molar-refractivity contribution in [1.29, 1.82) is 0 Å². The number of nitrogens with one attached hydrogen (secondary N) is 3. The predicted molar refractivity (Wildman–Crippen MR) is 149 cm³/mol. The molecule has 0 saturated heterocycles. The molecule has 0 saturated carbocycles. The Balaban J connectivity index is 0.00000408. The lowest BCUT2D eigenvalue weighted by atomic mass is 10.1. The summed E-state index contributed by atoms with van der Waals surface area (Å²) in [5.74, 6) is 0.607. The maximum absolute atomic E-state index is 12.5. The van der Waals surface area contributed by atoms with E-state index in [0.29, 0.717) is 24.6 Å². The molecule has 0 aliphatic heterocycles. The smallest absolute Gasteiger partial charge is 0.251 e. The first-order valence-corrected chi connectivity index (χ1v) is 11.1. The maximum Gasteiger partial charge on any atom is 0.251 e. The van der Waals surface area contributed by atoms with Crippen molar-refractivity contribution < 1.29 is 4.79 Å². The summed E-state index contributed by atoms with van der Waals surface area (Å²) in [5.41, 5.74) is 5.62. The van der Waals surface area contributed by atoms with Gasteiger partial charge in [-0.1, -0.05) is 30.3 Å². The minimum Gasteiger partial charge on any atom is -0.352 e. The number of rotatable bonds is 6. The van der Waals surface area contributed by atoms with Crippen LogP contribution in [0.1, 0.15) is 53.6 Å². The number of hydrogen-bond acceptors (Lipinski definition) is 3. The molecule has 0 bridgehead atoms. The van der Waals surface area contributed by atoms with Gasteiger partial charge < -0.3 is 16.0 Å². The van der Waals surface area contributed by atoms with Crippen LogP contribution in [0.2, 0.25) is 0 Å². The van der Waals surface area contributed by atoms with E-state index in [1.165, 1.54) is 0 Å². The van der Waals surface area contributed by atoms with Crippen LogP contribution < -0.4 is 16.0 Å². The SMILES string of the molecule is CN=C(NCc1cccc(C(=O)NC(C)(C)C)c1)NCc1ccccc1-n1nc(C)cc1C.I. The molecule has 1 amide bonds. The van der Waals surface area contributed by atoms with Crippen LogP contribution in [0.5, 0.6) is 0 Å². The van der Waals surface area contributed by atoms with Crippen LogP contribution in [0.4, 0.5) is 0 Å². The van der Waals surface area contributed by atoms with Crippen LogP contribution >= 0.6 is 24.0 Å². The number of aliphatic imine (C=N–C) groups is 1. The molecule has 3 N–H and O–H groups in total. The number of benzene rings is 2. The number of carbonyl (C=O) groups is 1. The second-order valence-electron chi connectivity index (χ2n) is 9.15. The van der Waals surface area contributed by atoms with Gasteiger partial charge in [0.1, 0.15) is 0 Å². The van der Waals surface area contributed by atoms with Gasteiger partial charge in [-0.15, -0.1) is 24.0 Å². The quantitative estimate of drug-likeness (QED) is 0.230. The third kappa shape index (κ3) is 7.58. The molecule has 0 radical (unpaired) electrons. The lowest BCUT2D eigenvalue weighted by molar-refractivity contribution is 0.0919. The zero-order valence-electron chi connectivity index (χ0n) is 20.8. The Morgan fingerprint density at radius 2 is 1.71 bits per heavy atom. The molecule has 2 aromatic carbocycles. The van der Waals surface area contributed by atoms with Crippen LogP contribution in [0.25, 0.3) is 5.69 Å². The first kappa shape index (κ1) is 27.4. The average Bonchev–Trinajstić information content (AvgIpc) is 3.11. The van der Waals surface area contributed by atoms with E-state index in [0.717, 1.165) is 28.2 Å². The summed E-state index contributed by atoms with van der Waals surface area (Å²) in [6.45, 7) is 11.1. The molecule has 8 heteroatoms.